The van der Waals surface area contributed by atoms with E-state index in [0.717, 1.165) is 30.1 Å². The average Bonchev–Trinajstić information content (AvgIpc) is 3.32. The van der Waals surface area contributed by atoms with Gasteiger partial charge >= 0.3 is 0 Å². The minimum absolute atomic E-state index is 0. The second kappa shape index (κ2) is 10.7. The SMILES string of the molecule is CN=C(NCc1cccc(NC(=O)C2CCCC2)c1)NC1CCCC1.I. The summed E-state index contributed by atoms with van der Waals surface area (Å²) in [5.41, 5.74) is 2.02. The zero-order valence-electron chi connectivity index (χ0n) is 15.6. The smallest absolute Gasteiger partial charge is 0.227 e. The van der Waals surface area contributed by atoms with Crippen molar-refractivity contribution in [3.05, 3.63) is 29.8 Å². The van der Waals surface area contributed by atoms with Crippen LogP contribution >= 0.6 is 24.0 Å². The first-order valence-electron chi connectivity index (χ1n) is 9.61. The predicted molar refractivity (Wildman–Crippen MR) is 118 cm³/mol. The fraction of sp³-hybridized carbons (Fsp3) is 0.600. The van der Waals surface area contributed by atoms with Crippen LogP contribution in [0.3, 0.4) is 0 Å². The van der Waals surface area contributed by atoms with Crippen LogP contribution < -0.4 is 16.0 Å². The number of carbonyl (C=O) groups excluding carboxylic acids is 1. The van der Waals surface area contributed by atoms with Crippen molar-refractivity contribution >= 4 is 41.5 Å². The Balaban J connectivity index is 0.00000243. The summed E-state index contributed by atoms with van der Waals surface area (Å²) in [6.45, 7) is 0.694. The molecule has 0 heterocycles. The van der Waals surface area contributed by atoms with Crippen LogP contribution in [0.4, 0.5) is 5.69 Å². The molecule has 2 aliphatic carbocycles. The molecule has 0 aromatic heterocycles. The fourth-order valence-electron chi connectivity index (χ4n) is 3.84. The van der Waals surface area contributed by atoms with E-state index in [4.69, 9.17) is 0 Å². The largest absolute Gasteiger partial charge is 0.354 e. The lowest BCUT2D eigenvalue weighted by Gasteiger charge is -2.17. The second-order valence-corrected chi connectivity index (χ2v) is 7.22. The minimum Gasteiger partial charge on any atom is -0.354 e. The summed E-state index contributed by atoms with van der Waals surface area (Å²) in [6.07, 6.45) is 9.46. The number of anilines is 1. The lowest BCUT2D eigenvalue weighted by molar-refractivity contribution is -0.119. The van der Waals surface area contributed by atoms with Crippen LogP contribution in [-0.2, 0) is 11.3 Å². The Bertz CT molecular complexity index is 608. The summed E-state index contributed by atoms with van der Waals surface area (Å²) < 4.78 is 0. The Labute approximate surface area is 173 Å². The summed E-state index contributed by atoms with van der Waals surface area (Å²) in [5.74, 6) is 1.21. The number of amides is 1. The van der Waals surface area contributed by atoms with Gasteiger partial charge in [-0.3, -0.25) is 9.79 Å². The molecule has 26 heavy (non-hydrogen) atoms. The Morgan fingerprint density at radius 2 is 1.81 bits per heavy atom. The first-order chi connectivity index (χ1) is 12.2. The minimum atomic E-state index is 0. The number of nitrogens with one attached hydrogen (secondary N) is 3. The van der Waals surface area contributed by atoms with E-state index >= 15 is 0 Å². The quantitative estimate of drug-likeness (QED) is 0.346. The van der Waals surface area contributed by atoms with E-state index in [1.807, 2.05) is 25.2 Å². The summed E-state index contributed by atoms with van der Waals surface area (Å²) in [6, 6.07) is 8.61. The maximum atomic E-state index is 12.3. The van der Waals surface area contributed by atoms with Gasteiger partial charge in [0, 0.05) is 31.2 Å². The number of halogens is 1. The van der Waals surface area contributed by atoms with Crippen molar-refractivity contribution in [1.29, 1.82) is 0 Å². The molecule has 0 radical (unpaired) electrons. The summed E-state index contributed by atoms with van der Waals surface area (Å²) in [5, 5.41) is 9.94. The van der Waals surface area contributed by atoms with Gasteiger partial charge in [-0.2, -0.15) is 0 Å². The van der Waals surface area contributed by atoms with Crippen LogP contribution in [-0.4, -0.2) is 25.0 Å². The van der Waals surface area contributed by atoms with Gasteiger partial charge in [0.05, 0.1) is 0 Å². The molecule has 0 bridgehead atoms. The lowest BCUT2D eigenvalue weighted by Crippen LogP contribution is -2.41. The molecule has 144 valence electrons. The number of guanidine groups is 1. The van der Waals surface area contributed by atoms with E-state index in [9.17, 15) is 4.79 Å². The number of hydrogen-bond donors (Lipinski definition) is 3. The van der Waals surface area contributed by atoms with Gasteiger partial charge in [0.2, 0.25) is 5.91 Å². The number of aliphatic imine (C=N–C) groups is 1. The fourth-order valence-corrected chi connectivity index (χ4v) is 3.84. The Kier molecular flexibility index (Phi) is 8.68. The predicted octanol–water partition coefficient (Wildman–Crippen LogP) is 4.04. The van der Waals surface area contributed by atoms with Crippen LogP contribution in [0.1, 0.15) is 56.9 Å². The van der Waals surface area contributed by atoms with Gasteiger partial charge in [0.15, 0.2) is 5.96 Å². The highest BCUT2D eigenvalue weighted by Gasteiger charge is 2.22. The first kappa shape index (κ1) is 21.0. The number of nitrogens with zero attached hydrogens (tertiary/aromatic N) is 1. The third kappa shape index (κ3) is 6.14. The summed E-state index contributed by atoms with van der Waals surface area (Å²) in [7, 11) is 1.81. The van der Waals surface area contributed by atoms with Crippen molar-refractivity contribution in [3.63, 3.8) is 0 Å². The molecule has 3 rings (SSSR count). The van der Waals surface area contributed by atoms with Crippen LogP contribution in [0, 0.1) is 5.92 Å². The Morgan fingerprint density at radius 1 is 1.12 bits per heavy atom. The zero-order chi connectivity index (χ0) is 17.5. The highest BCUT2D eigenvalue weighted by molar-refractivity contribution is 14.0. The van der Waals surface area contributed by atoms with Crippen LogP contribution in [0.15, 0.2) is 29.3 Å². The van der Waals surface area contributed by atoms with Gasteiger partial charge in [0.1, 0.15) is 0 Å². The molecule has 0 unspecified atom stereocenters. The summed E-state index contributed by atoms with van der Waals surface area (Å²) in [4.78, 5) is 16.6. The molecular formula is C20H31IN4O. The molecule has 2 saturated carbocycles. The van der Waals surface area contributed by atoms with Crippen molar-refractivity contribution in [3.8, 4) is 0 Å². The number of rotatable bonds is 5. The van der Waals surface area contributed by atoms with E-state index in [2.05, 4.69) is 27.0 Å². The zero-order valence-corrected chi connectivity index (χ0v) is 17.9. The van der Waals surface area contributed by atoms with E-state index in [-0.39, 0.29) is 35.8 Å². The first-order valence-corrected chi connectivity index (χ1v) is 9.61. The van der Waals surface area contributed by atoms with Gasteiger partial charge in [-0.1, -0.05) is 37.8 Å². The van der Waals surface area contributed by atoms with E-state index in [1.165, 1.54) is 38.5 Å². The molecule has 3 N–H and O–H groups in total. The van der Waals surface area contributed by atoms with Crippen molar-refractivity contribution in [2.45, 2.75) is 64.0 Å². The molecule has 0 aliphatic heterocycles. The van der Waals surface area contributed by atoms with Gasteiger partial charge in [-0.05, 0) is 43.4 Å². The van der Waals surface area contributed by atoms with Crippen LogP contribution in [0.25, 0.3) is 0 Å². The molecular weight excluding hydrogens is 439 g/mol. The number of benzene rings is 1. The standard InChI is InChI=1S/C20H30N4O.HI/c1-21-20(24-17-10-4-5-11-17)22-14-15-7-6-12-18(13-15)23-19(25)16-8-2-3-9-16;/h6-7,12-13,16-17H,2-5,8-11,14H2,1H3,(H,23,25)(H2,21,22,24);1H. The van der Waals surface area contributed by atoms with Crippen LogP contribution in [0.5, 0.6) is 0 Å². The number of carbonyl (C=O) groups is 1. The van der Waals surface area contributed by atoms with Crippen LogP contribution in [0.2, 0.25) is 0 Å². The van der Waals surface area contributed by atoms with E-state index in [0.29, 0.717) is 12.6 Å². The average molecular weight is 470 g/mol. The topological polar surface area (TPSA) is 65.5 Å². The molecule has 1 aromatic rings. The molecule has 0 atom stereocenters. The molecule has 1 amide bonds. The monoisotopic (exact) mass is 470 g/mol. The molecule has 2 fully saturated rings. The van der Waals surface area contributed by atoms with Gasteiger partial charge in [0.25, 0.3) is 0 Å². The third-order valence-corrected chi connectivity index (χ3v) is 5.30. The molecule has 2 aliphatic rings. The maximum Gasteiger partial charge on any atom is 0.227 e. The molecule has 5 nitrogen and oxygen atoms in total. The molecule has 0 saturated heterocycles. The van der Waals surface area contributed by atoms with E-state index in [1.54, 1.807) is 0 Å². The van der Waals surface area contributed by atoms with Gasteiger partial charge < -0.3 is 16.0 Å². The summed E-state index contributed by atoms with van der Waals surface area (Å²) >= 11 is 0. The molecule has 1 aromatic carbocycles. The normalized spacial score (nSPS) is 18.4. The Hall–Kier alpha value is -1.31. The van der Waals surface area contributed by atoms with Gasteiger partial charge in [-0.25, -0.2) is 0 Å². The van der Waals surface area contributed by atoms with Crippen molar-refractivity contribution < 1.29 is 4.79 Å². The van der Waals surface area contributed by atoms with Crippen molar-refractivity contribution in [2.24, 2.45) is 10.9 Å². The highest BCUT2D eigenvalue weighted by atomic mass is 127. The van der Waals surface area contributed by atoms with Gasteiger partial charge in [-0.15, -0.1) is 24.0 Å². The maximum absolute atomic E-state index is 12.3. The third-order valence-electron chi connectivity index (χ3n) is 5.30. The van der Waals surface area contributed by atoms with Crippen molar-refractivity contribution in [1.82, 2.24) is 10.6 Å². The molecule has 6 heteroatoms. The lowest BCUT2D eigenvalue weighted by atomic mass is 10.1. The highest BCUT2D eigenvalue weighted by Crippen LogP contribution is 2.26. The van der Waals surface area contributed by atoms with Crippen molar-refractivity contribution in [2.75, 3.05) is 12.4 Å². The van der Waals surface area contributed by atoms with E-state index < -0.39 is 0 Å². The number of hydrogen-bond acceptors (Lipinski definition) is 2. The molecule has 0 spiro atoms. The second-order valence-electron chi connectivity index (χ2n) is 7.22. The Morgan fingerprint density at radius 3 is 2.50 bits per heavy atom.